The van der Waals surface area contributed by atoms with Gasteiger partial charge in [-0.3, -0.25) is 10.1 Å². The van der Waals surface area contributed by atoms with Crippen LogP contribution in [0.1, 0.15) is 18.4 Å². The summed E-state index contributed by atoms with van der Waals surface area (Å²) >= 11 is 0. The third-order valence-corrected chi connectivity index (χ3v) is 5.18. The van der Waals surface area contributed by atoms with Crippen LogP contribution in [0.2, 0.25) is 0 Å². The highest BCUT2D eigenvalue weighted by Gasteiger charge is 2.21. The van der Waals surface area contributed by atoms with Crippen LogP contribution in [0.3, 0.4) is 0 Å². The number of benzene rings is 1. The summed E-state index contributed by atoms with van der Waals surface area (Å²) in [5.41, 5.74) is 2.64. The van der Waals surface area contributed by atoms with Crippen molar-refractivity contribution in [3.8, 4) is 11.5 Å². The molecule has 0 spiro atoms. The molecule has 3 heterocycles. The predicted octanol–water partition coefficient (Wildman–Crippen LogP) is 1.38. The lowest BCUT2D eigenvalue weighted by molar-refractivity contribution is -0.385. The first-order chi connectivity index (χ1) is 15.5. The molecular formula is C19H24N8O5. The van der Waals surface area contributed by atoms with E-state index in [0.717, 1.165) is 32.0 Å². The van der Waals surface area contributed by atoms with Crippen molar-refractivity contribution in [2.45, 2.75) is 12.8 Å². The highest BCUT2D eigenvalue weighted by Crippen LogP contribution is 2.33. The molecular weight excluding hydrogens is 420 g/mol. The fourth-order valence-corrected chi connectivity index (χ4v) is 3.50. The van der Waals surface area contributed by atoms with E-state index < -0.39 is 4.92 Å². The lowest BCUT2D eigenvalue weighted by atomic mass is 10.2. The Balaban J connectivity index is 1.59. The van der Waals surface area contributed by atoms with Gasteiger partial charge in [0.05, 0.1) is 37.5 Å². The maximum absolute atomic E-state index is 11.1. The number of phenolic OH excluding ortho intramolecular Hbond substituents is 1. The van der Waals surface area contributed by atoms with Crippen LogP contribution < -0.4 is 20.0 Å². The van der Waals surface area contributed by atoms with Gasteiger partial charge in [-0.1, -0.05) is 0 Å². The van der Waals surface area contributed by atoms with Crippen LogP contribution in [-0.2, 0) is 4.74 Å². The summed E-state index contributed by atoms with van der Waals surface area (Å²) in [4.78, 5) is 28.2. The topological polar surface area (TPSA) is 151 Å². The van der Waals surface area contributed by atoms with Crippen LogP contribution >= 0.6 is 0 Å². The molecule has 0 radical (unpaired) electrons. The fourth-order valence-electron chi connectivity index (χ4n) is 3.50. The zero-order chi connectivity index (χ0) is 22.5. The summed E-state index contributed by atoms with van der Waals surface area (Å²) in [5.74, 6) is 1.05. The molecule has 32 heavy (non-hydrogen) atoms. The molecule has 2 N–H and O–H groups in total. The molecule has 2 aromatic rings. The standard InChI is InChI=1S/C19H24N8O5/c1-31-15-11-14(27(29)30)10-13(16(15)28)12-20-24-17-21-18(25-4-2-3-5-25)23-19(22-17)26-6-8-32-9-7-26/h10-12,28H,2-9H2,1H3,(H,21,22,23,24)/b20-12-. The number of rotatable bonds is 7. The van der Waals surface area contributed by atoms with E-state index in [-0.39, 0.29) is 28.7 Å². The molecule has 0 aliphatic carbocycles. The average molecular weight is 444 g/mol. The van der Waals surface area contributed by atoms with Crippen molar-refractivity contribution in [3.63, 3.8) is 0 Å². The molecule has 2 aliphatic rings. The Kier molecular flexibility index (Phi) is 6.44. The number of ether oxygens (including phenoxy) is 2. The molecule has 0 bridgehead atoms. The first-order valence-corrected chi connectivity index (χ1v) is 10.2. The van der Waals surface area contributed by atoms with E-state index in [0.29, 0.717) is 38.2 Å². The lowest BCUT2D eigenvalue weighted by Gasteiger charge is -2.27. The third-order valence-electron chi connectivity index (χ3n) is 5.18. The van der Waals surface area contributed by atoms with Crippen LogP contribution in [0.15, 0.2) is 17.2 Å². The minimum absolute atomic E-state index is 0.0215. The molecule has 0 amide bonds. The smallest absolute Gasteiger partial charge is 0.274 e. The van der Waals surface area contributed by atoms with Crippen LogP contribution in [0.4, 0.5) is 23.5 Å². The van der Waals surface area contributed by atoms with Crippen molar-refractivity contribution in [1.29, 1.82) is 0 Å². The maximum atomic E-state index is 11.1. The lowest BCUT2D eigenvalue weighted by Crippen LogP contribution is -2.38. The van der Waals surface area contributed by atoms with E-state index in [1.54, 1.807) is 0 Å². The van der Waals surface area contributed by atoms with Crippen molar-refractivity contribution < 1.29 is 19.5 Å². The van der Waals surface area contributed by atoms with E-state index in [1.807, 2.05) is 4.90 Å². The van der Waals surface area contributed by atoms with Crippen molar-refractivity contribution >= 4 is 29.7 Å². The van der Waals surface area contributed by atoms with Gasteiger partial charge in [0.15, 0.2) is 11.5 Å². The largest absolute Gasteiger partial charge is 0.504 e. The number of aromatic hydroxyl groups is 1. The number of anilines is 3. The number of hydrazone groups is 1. The zero-order valence-electron chi connectivity index (χ0n) is 17.6. The van der Waals surface area contributed by atoms with Crippen LogP contribution in [-0.4, -0.2) is 77.7 Å². The van der Waals surface area contributed by atoms with E-state index in [9.17, 15) is 15.2 Å². The number of morpholine rings is 1. The van der Waals surface area contributed by atoms with Gasteiger partial charge < -0.3 is 24.4 Å². The normalized spacial score (nSPS) is 16.5. The van der Waals surface area contributed by atoms with Crippen LogP contribution in [0.5, 0.6) is 11.5 Å². The summed E-state index contributed by atoms with van der Waals surface area (Å²) in [7, 11) is 1.32. The molecule has 2 fully saturated rings. The van der Waals surface area contributed by atoms with Crippen molar-refractivity contribution in [1.82, 2.24) is 15.0 Å². The van der Waals surface area contributed by atoms with Gasteiger partial charge in [0.1, 0.15) is 0 Å². The van der Waals surface area contributed by atoms with Gasteiger partial charge in [-0.05, 0) is 12.8 Å². The summed E-state index contributed by atoms with van der Waals surface area (Å²) in [5, 5.41) is 25.5. The van der Waals surface area contributed by atoms with E-state index in [2.05, 4.69) is 30.4 Å². The second-order valence-electron chi connectivity index (χ2n) is 7.27. The number of nitrogens with one attached hydrogen (secondary N) is 1. The minimum Gasteiger partial charge on any atom is -0.504 e. The van der Waals surface area contributed by atoms with Gasteiger partial charge in [-0.2, -0.15) is 20.1 Å². The molecule has 0 unspecified atom stereocenters. The number of nitro benzene ring substituents is 1. The highest BCUT2D eigenvalue weighted by atomic mass is 16.6. The van der Waals surface area contributed by atoms with Gasteiger partial charge in [0, 0.05) is 37.8 Å². The Bertz CT molecular complexity index is 1010. The van der Waals surface area contributed by atoms with Gasteiger partial charge in [0.2, 0.25) is 17.8 Å². The second kappa shape index (κ2) is 9.60. The Labute approximate surface area is 183 Å². The summed E-state index contributed by atoms with van der Waals surface area (Å²) < 4.78 is 10.4. The number of nitrogens with zero attached hydrogens (tertiary/aromatic N) is 7. The molecule has 4 rings (SSSR count). The summed E-state index contributed by atoms with van der Waals surface area (Å²) in [6.07, 6.45) is 3.40. The average Bonchev–Trinajstić information content (AvgIpc) is 3.35. The van der Waals surface area contributed by atoms with Gasteiger partial charge >= 0.3 is 0 Å². The Morgan fingerprint density at radius 2 is 1.81 bits per heavy atom. The quantitative estimate of drug-likeness (QED) is 0.362. The molecule has 0 atom stereocenters. The zero-order valence-corrected chi connectivity index (χ0v) is 17.6. The highest BCUT2D eigenvalue weighted by molar-refractivity contribution is 5.86. The predicted molar refractivity (Wildman–Crippen MR) is 117 cm³/mol. The summed E-state index contributed by atoms with van der Waals surface area (Å²) in [6, 6.07) is 2.34. The van der Waals surface area contributed by atoms with Crippen LogP contribution in [0, 0.1) is 10.1 Å². The molecule has 1 aromatic carbocycles. The number of hydrogen-bond donors (Lipinski definition) is 2. The summed E-state index contributed by atoms with van der Waals surface area (Å²) in [6.45, 7) is 4.29. The Hall–Kier alpha value is -3.74. The number of aromatic nitrogens is 3. The third kappa shape index (κ3) is 4.77. The number of phenols is 1. The fraction of sp³-hybridized carbons (Fsp3) is 0.474. The monoisotopic (exact) mass is 444 g/mol. The number of non-ortho nitro benzene ring substituents is 1. The Morgan fingerprint density at radius 3 is 2.44 bits per heavy atom. The molecule has 0 saturated carbocycles. The first kappa shape index (κ1) is 21.5. The molecule has 13 heteroatoms. The number of methoxy groups -OCH3 is 1. The molecule has 1 aromatic heterocycles. The minimum atomic E-state index is -0.574. The molecule has 2 saturated heterocycles. The van der Waals surface area contributed by atoms with Crippen LogP contribution in [0.25, 0.3) is 0 Å². The van der Waals surface area contributed by atoms with E-state index >= 15 is 0 Å². The maximum Gasteiger partial charge on any atom is 0.274 e. The molecule has 2 aliphatic heterocycles. The Morgan fingerprint density at radius 1 is 1.16 bits per heavy atom. The van der Waals surface area contributed by atoms with Crippen molar-refractivity contribution in [3.05, 3.63) is 27.8 Å². The van der Waals surface area contributed by atoms with Gasteiger partial charge in [-0.15, -0.1) is 0 Å². The first-order valence-electron chi connectivity index (χ1n) is 10.2. The van der Waals surface area contributed by atoms with Crippen molar-refractivity contribution in [2.75, 3.05) is 61.7 Å². The SMILES string of the molecule is COc1cc([N+](=O)[O-])cc(/C=N\Nc2nc(N3CCCC3)nc(N3CCOCC3)n2)c1O. The van der Waals surface area contributed by atoms with Gasteiger partial charge in [0.25, 0.3) is 5.69 Å². The molecule has 13 nitrogen and oxygen atoms in total. The van der Waals surface area contributed by atoms with Crippen molar-refractivity contribution in [2.24, 2.45) is 5.10 Å². The number of nitro groups is 1. The van der Waals surface area contributed by atoms with Gasteiger partial charge in [-0.25, -0.2) is 5.43 Å². The molecule has 170 valence electrons. The van der Waals surface area contributed by atoms with E-state index in [4.69, 9.17) is 9.47 Å². The number of hydrogen-bond acceptors (Lipinski definition) is 12. The van der Waals surface area contributed by atoms with E-state index in [1.165, 1.54) is 19.4 Å². The second-order valence-corrected chi connectivity index (χ2v) is 7.27.